The number of ether oxygens (including phenoxy) is 1. The molecule has 1 aromatic carbocycles. The Hall–Kier alpha value is -2.37. The van der Waals surface area contributed by atoms with Crippen molar-refractivity contribution in [1.29, 1.82) is 0 Å². The number of anilines is 1. The molecule has 3 rings (SSSR count). The average Bonchev–Trinajstić information content (AvgIpc) is 3.16. The Balaban J connectivity index is 1.74. The number of rotatable bonds is 5. The molecule has 0 saturated heterocycles. The molecule has 2 saturated carbocycles. The summed E-state index contributed by atoms with van der Waals surface area (Å²) in [5.74, 6) is -2.45. The van der Waals surface area contributed by atoms with Gasteiger partial charge in [-0.2, -0.15) is 0 Å². The number of aliphatic carboxylic acids is 1. The fourth-order valence-electron chi connectivity index (χ4n) is 4.19. The molecule has 0 aromatic heterocycles. The minimum atomic E-state index is -0.886. The summed E-state index contributed by atoms with van der Waals surface area (Å²) in [5.41, 5.74) is 0.842. The first kappa shape index (κ1) is 16.5. The Bertz CT molecular complexity index is 671. The maximum Gasteiger partial charge on any atom is 0.338 e. The molecule has 0 radical (unpaired) electrons. The van der Waals surface area contributed by atoms with Crippen molar-refractivity contribution in [3.63, 3.8) is 0 Å². The summed E-state index contributed by atoms with van der Waals surface area (Å²) >= 11 is 0. The van der Waals surface area contributed by atoms with Crippen LogP contribution in [0.2, 0.25) is 0 Å². The highest BCUT2D eigenvalue weighted by molar-refractivity contribution is 5.97. The van der Waals surface area contributed by atoms with E-state index in [0.717, 1.165) is 19.3 Å². The number of nitrogens with one attached hydrogen (secondary N) is 1. The predicted octanol–water partition coefficient (Wildman–Crippen LogP) is 2.55. The first-order valence-corrected chi connectivity index (χ1v) is 8.32. The van der Waals surface area contributed by atoms with Crippen molar-refractivity contribution in [2.45, 2.75) is 26.2 Å². The molecule has 0 heterocycles. The number of benzene rings is 1. The second kappa shape index (κ2) is 6.63. The van der Waals surface area contributed by atoms with E-state index in [1.165, 1.54) is 0 Å². The largest absolute Gasteiger partial charge is 0.481 e. The van der Waals surface area contributed by atoms with Crippen LogP contribution in [0.25, 0.3) is 0 Å². The molecule has 4 atom stereocenters. The Morgan fingerprint density at radius 1 is 1.21 bits per heavy atom. The van der Waals surface area contributed by atoms with Gasteiger partial charge in [0.15, 0.2) is 0 Å². The third-order valence-electron chi connectivity index (χ3n) is 5.15. The Morgan fingerprint density at radius 3 is 2.58 bits per heavy atom. The zero-order valence-corrected chi connectivity index (χ0v) is 13.5. The molecule has 2 bridgehead atoms. The van der Waals surface area contributed by atoms with Crippen LogP contribution in [0.1, 0.15) is 36.5 Å². The van der Waals surface area contributed by atoms with E-state index in [9.17, 15) is 19.5 Å². The van der Waals surface area contributed by atoms with Crippen LogP contribution in [0.15, 0.2) is 24.3 Å². The van der Waals surface area contributed by atoms with Crippen LogP contribution < -0.4 is 5.32 Å². The molecule has 24 heavy (non-hydrogen) atoms. The van der Waals surface area contributed by atoms with Gasteiger partial charge in [-0.1, -0.05) is 6.07 Å². The van der Waals surface area contributed by atoms with Crippen LogP contribution in [-0.2, 0) is 14.3 Å². The maximum atomic E-state index is 12.6. The van der Waals surface area contributed by atoms with Crippen molar-refractivity contribution in [1.82, 2.24) is 0 Å². The predicted molar refractivity (Wildman–Crippen MR) is 86.5 cm³/mol. The van der Waals surface area contributed by atoms with Gasteiger partial charge in [0.25, 0.3) is 0 Å². The van der Waals surface area contributed by atoms with Crippen LogP contribution >= 0.6 is 0 Å². The zero-order valence-electron chi connectivity index (χ0n) is 13.5. The summed E-state index contributed by atoms with van der Waals surface area (Å²) in [6, 6.07) is 6.52. The number of carboxylic acids is 1. The van der Waals surface area contributed by atoms with E-state index < -0.39 is 23.8 Å². The highest BCUT2D eigenvalue weighted by atomic mass is 16.5. The summed E-state index contributed by atoms with van der Waals surface area (Å²) < 4.78 is 4.95. The molecule has 0 spiro atoms. The van der Waals surface area contributed by atoms with Crippen LogP contribution in [0, 0.1) is 23.7 Å². The third-order valence-corrected chi connectivity index (χ3v) is 5.15. The smallest absolute Gasteiger partial charge is 0.338 e. The van der Waals surface area contributed by atoms with Crippen LogP contribution in [-0.4, -0.2) is 29.6 Å². The van der Waals surface area contributed by atoms with Gasteiger partial charge in [0.1, 0.15) is 0 Å². The first-order chi connectivity index (χ1) is 11.5. The summed E-state index contributed by atoms with van der Waals surface area (Å²) in [7, 11) is 0. The molecule has 6 nitrogen and oxygen atoms in total. The molecule has 1 amide bonds. The number of carbonyl (C=O) groups excluding carboxylic acids is 2. The highest BCUT2D eigenvalue weighted by Gasteiger charge is 2.53. The molecular weight excluding hydrogens is 310 g/mol. The molecule has 2 aliphatic rings. The fourth-order valence-corrected chi connectivity index (χ4v) is 4.19. The van der Waals surface area contributed by atoms with E-state index in [-0.39, 0.29) is 24.3 Å². The van der Waals surface area contributed by atoms with E-state index in [1.807, 2.05) is 0 Å². The van der Waals surface area contributed by atoms with Gasteiger partial charge >= 0.3 is 11.9 Å². The zero-order chi connectivity index (χ0) is 17.3. The highest BCUT2D eigenvalue weighted by Crippen LogP contribution is 2.52. The van der Waals surface area contributed by atoms with Crippen LogP contribution in [0.5, 0.6) is 0 Å². The van der Waals surface area contributed by atoms with E-state index in [4.69, 9.17) is 4.74 Å². The Kier molecular flexibility index (Phi) is 4.55. The molecule has 0 aliphatic heterocycles. The Labute approximate surface area is 140 Å². The van der Waals surface area contributed by atoms with Crippen LogP contribution in [0.3, 0.4) is 0 Å². The third kappa shape index (κ3) is 3.00. The molecular formula is C18H21NO5. The van der Waals surface area contributed by atoms with Crippen molar-refractivity contribution >= 4 is 23.5 Å². The summed E-state index contributed by atoms with van der Waals surface area (Å²) in [4.78, 5) is 35.9. The van der Waals surface area contributed by atoms with Gasteiger partial charge in [0, 0.05) is 5.69 Å². The van der Waals surface area contributed by atoms with Crippen LogP contribution in [0.4, 0.5) is 5.69 Å². The lowest BCUT2D eigenvalue weighted by Gasteiger charge is -2.27. The molecule has 2 N–H and O–H groups in total. The minimum absolute atomic E-state index is 0.106. The van der Waals surface area contributed by atoms with E-state index >= 15 is 0 Å². The van der Waals surface area contributed by atoms with Crippen molar-refractivity contribution in [2.75, 3.05) is 11.9 Å². The van der Waals surface area contributed by atoms with Gasteiger partial charge in [0.05, 0.1) is 24.0 Å². The standard InChI is InChI=1S/C18H21NO5/c1-2-24-18(23)12-4-3-5-13(9-12)19-16(20)14-10-6-7-11(8-10)15(14)17(21)22/h3-5,9-11,14-15H,2,6-8H2,1H3,(H,19,20)(H,21,22)/t10-,11+,14+,15+/m1/s1. The van der Waals surface area contributed by atoms with E-state index in [0.29, 0.717) is 11.3 Å². The topological polar surface area (TPSA) is 92.7 Å². The lowest BCUT2D eigenvalue weighted by Crippen LogP contribution is -2.37. The van der Waals surface area contributed by atoms with E-state index in [2.05, 4.69) is 5.32 Å². The average molecular weight is 331 g/mol. The number of amides is 1. The molecule has 2 aliphatic carbocycles. The van der Waals surface area contributed by atoms with Gasteiger partial charge in [-0.15, -0.1) is 0 Å². The van der Waals surface area contributed by atoms with Gasteiger partial charge in [-0.05, 0) is 56.2 Å². The van der Waals surface area contributed by atoms with Gasteiger partial charge < -0.3 is 15.2 Å². The number of esters is 1. The summed E-state index contributed by atoms with van der Waals surface area (Å²) in [6.45, 7) is 2.01. The number of carbonyl (C=O) groups is 3. The summed E-state index contributed by atoms with van der Waals surface area (Å²) in [6.07, 6.45) is 2.62. The number of hydrogen-bond donors (Lipinski definition) is 2. The molecule has 2 fully saturated rings. The second-order valence-electron chi connectivity index (χ2n) is 6.51. The summed E-state index contributed by atoms with van der Waals surface area (Å²) in [5, 5.41) is 12.2. The van der Waals surface area contributed by atoms with Crippen molar-refractivity contribution in [3.05, 3.63) is 29.8 Å². The van der Waals surface area contributed by atoms with Crippen molar-refractivity contribution in [3.8, 4) is 0 Å². The molecule has 6 heteroatoms. The molecule has 0 unspecified atom stereocenters. The monoisotopic (exact) mass is 331 g/mol. The lowest BCUT2D eigenvalue weighted by molar-refractivity contribution is -0.148. The normalized spacial score (nSPS) is 27.7. The fraction of sp³-hybridized carbons (Fsp3) is 0.500. The van der Waals surface area contributed by atoms with Gasteiger partial charge in [-0.25, -0.2) is 4.79 Å². The maximum absolute atomic E-state index is 12.6. The van der Waals surface area contributed by atoms with Crippen molar-refractivity contribution < 1.29 is 24.2 Å². The number of hydrogen-bond acceptors (Lipinski definition) is 4. The first-order valence-electron chi connectivity index (χ1n) is 8.32. The SMILES string of the molecule is CCOC(=O)c1cccc(NC(=O)[C@H]2[C@@H]3CC[C@@H](C3)[C@@H]2C(=O)O)c1. The quantitative estimate of drug-likeness (QED) is 0.809. The molecule has 128 valence electrons. The van der Waals surface area contributed by atoms with Gasteiger partial charge in [0.2, 0.25) is 5.91 Å². The molecule has 1 aromatic rings. The van der Waals surface area contributed by atoms with E-state index in [1.54, 1.807) is 31.2 Å². The van der Waals surface area contributed by atoms with Gasteiger partial charge in [-0.3, -0.25) is 9.59 Å². The second-order valence-corrected chi connectivity index (χ2v) is 6.51. The minimum Gasteiger partial charge on any atom is -0.481 e. The number of fused-ring (bicyclic) bond motifs is 2. The lowest BCUT2D eigenvalue weighted by atomic mass is 9.78. The van der Waals surface area contributed by atoms with Crippen molar-refractivity contribution in [2.24, 2.45) is 23.7 Å². The number of carboxylic acid groups (broad SMARTS) is 1. The Morgan fingerprint density at radius 2 is 1.92 bits per heavy atom.